The third-order valence-electron chi connectivity index (χ3n) is 4.13. The molecule has 0 saturated heterocycles. The quantitative estimate of drug-likeness (QED) is 0.816. The Hall–Kier alpha value is -2.30. The zero-order chi connectivity index (χ0) is 19.7. The van der Waals surface area contributed by atoms with Crippen LogP contribution in [0.2, 0.25) is 0 Å². The molecular formula is C21H29NO4. The van der Waals surface area contributed by atoms with E-state index in [1.54, 1.807) is 6.07 Å². The number of carbonyl (C=O) groups is 1. The Morgan fingerprint density at radius 3 is 2.42 bits per heavy atom. The van der Waals surface area contributed by atoms with Crippen LogP contribution in [0.5, 0.6) is 5.75 Å². The van der Waals surface area contributed by atoms with Crippen molar-refractivity contribution < 1.29 is 13.9 Å². The van der Waals surface area contributed by atoms with Gasteiger partial charge in [0.05, 0.1) is 0 Å². The summed E-state index contributed by atoms with van der Waals surface area (Å²) in [4.78, 5) is 23.9. The molecule has 1 heterocycles. The molecule has 5 heteroatoms. The van der Waals surface area contributed by atoms with E-state index in [1.165, 1.54) is 6.07 Å². The number of rotatable bonds is 5. The molecule has 0 atom stereocenters. The summed E-state index contributed by atoms with van der Waals surface area (Å²) in [5.74, 6) is 0.361. The Kier molecular flexibility index (Phi) is 5.49. The second-order valence-corrected chi connectivity index (χ2v) is 8.77. The number of benzene rings is 1. The summed E-state index contributed by atoms with van der Waals surface area (Å²) in [5, 5.41) is 3.89. The van der Waals surface area contributed by atoms with Gasteiger partial charge in [-0.3, -0.25) is 4.79 Å². The summed E-state index contributed by atoms with van der Waals surface area (Å²) in [7, 11) is 0. The predicted molar refractivity (Wildman–Crippen MR) is 104 cm³/mol. The minimum Gasteiger partial charge on any atom is -0.483 e. The molecule has 0 aliphatic heterocycles. The summed E-state index contributed by atoms with van der Waals surface area (Å²) in [5.41, 5.74) is 1.47. The van der Waals surface area contributed by atoms with Crippen LogP contribution in [0.3, 0.4) is 0 Å². The van der Waals surface area contributed by atoms with Gasteiger partial charge >= 0.3 is 5.63 Å². The van der Waals surface area contributed by atoms with E-state index >= 15 is 0 Å². The summed E-state index contributed by atoms with van der Waals surface area (Å²) in [6, 6.07) is 5.11. The van der Waals surface area contributed by atoms with Crippen LogP contribution >= 0.6 is 0 Å². The van der Waals surface area contributed by atoms with Crippen molar-refractivity contribution in [3.63, 3.8) is 0 Å². The SMILES string of the molecule is Cc1cc(=O)oc2c(C)c(OCC(=O)NC(C)(C)CC(C)(C)C)ccc12. The van der Waals surface area contributed by atoms with Crippen LogP contribution in [0.25, 0.3) is 11.0 Å². The van der Waals surface area contributed by atoms with E-state index in [0.29, 0.717) is 16.9 Å². The van der Waals surface area contributed by atoms with Crippen molar-refractivity contribution in [2.45, 2.75) is 60.4 Å². The maximum absolute atomic E-state index is 12.3. The molecule has 0 bridgehead atoms. The molecule has 0 radical (unpaired) electrons. The van der Waals surface area contributed by atoms with Gasteiger partial charge in [0.25, 0.3) is 5.91 Å². The molecule has 1 aromatic heterocycles. The second kappa shape index (κ2) is 7.14. The van der Waals surface area contributed by atoms with Crippen LogP contribution < -0.4 is 15.7 Å². The number of hydrogen-bond acceptors (Lipinski definition) is 4. The Morgan fingerprint density at radius 2 is 1.81 bits per heavy atom. The number of carbonyl (C=O) groups excluding carboxylic acids is 1. The lowest BCUT2D eigenvalue weighted by Gasteiger charge is -2.33. The molecule has 1 amide bonds. The van der Waals surface area contributed by atoms with E-state index in [1.807, 2.05) is 33.8 Å². The molecule has 2 aromatic rings. The number of fused-ring (bicyclic) bond motifs is 1. The average Bonchev–Trinajstić information content (AvgIpc) is 2.44. The smallest absolute Gasteiger partial charge is 0.336 e. The van der Waals surface area contributed by atoms with Crippen molar-refractivity contribution in [1.29, 1.82) is 0 Å². The minimum atomic E-state index is -0.392. The maximum atomic E-state index is 12.3. The van der Waals surface area contributed by atoms with Crippen LogP contribution in [0.1, 0.15) is 52.2 Å². The summed E-state index contributed by atoms with van der Waals surface area (Å²) in [6.45, 7) is 14.0. The van der Waals surface area contributed by atoms with Crippen LogP contribution in [0.4, 0.5) is 0 Å². The third kappa shape index (κ3) is 5.10. The first-order valence-electron chi connectivity index (χ1n) is 8.86. The van der Waals surface area contributed by atoms with Crippen molar-refractivity contribution >= 4 is 16.9 Å². The molecule has 0 spiro atoms. The summed E-state index contributed by atoms with van der Waals surface area (Å²) in [6.07, 6.45) is 0.852. The molecule has 1 aromatic carbocycles. The predicted octanol–water partition coefficient (Wildman–Crippen LogP) is 4.12. The zero-order valence-electron chi connectivity index (χ0n) is 16.8. The van der Waals surface area contributed by atoms with E-state index in [-0.39, 0.29) is 23.5 Å². The Labute approximate surface area is 154 Å². The minimum absolute atomic E-state index is 0.0873. The number of nitrogens with one attached hydrogen (secondary N) is 1. The summed E-state index contributed by atoms with van der Waals surface area (Å²) >= 11 is 0. The lowest BCUT2D eigenvalue weighted by Crippen LogP contribution is -2.47. The second-order valence-electron chi connectivity index (χ2n) is 8.77. The van der Waals surface area contributed by atoms with E-state index in [4.69, 9.17) is 9.15 Å². The molecule has 0 fully saturated rings. The lowest BCUT2D eigenvalue weighted by atomic mass is 9.82. The van der Waals surface area contributed by atoms with Gasteiger partial charge in [0, 0.05) is 22.6 Å². The highest BCUT2D eigenvalue weighted by molar-refractivity contribution is 5.85. The van der Waals surface area contributed by atoms with Gasteiger partial charge in [0.2, 0.25) is 0 Å². The third-order valence-corrected chi connectivity index (χ3v) is 4.13. The maximum Gasteiger partial charge on any atom is 0.336 e. The molecule has 142 valence electrons. The van der Waals surface area contributed by atoms with Gasteiger partial charge < -0.3 is 14.5 Å². The number of aryl methyl sites for hydroxylation is 2. The first-order chi connectivity index (χ1) is 11.9. The fraction of sp³-hybridized carbons (Fsp3) is 0.524. The number of amides is 1. The van der Waals surface area contributed by atoms with Crippen molar-refractivity contribution in [3.05, 3.63) is 39.7 Å². The molecule has 0 saturated carbocycles. The normalized spacial score (nSPS) is 12.3. The van der Waals surface area contributed by atoms with Crippen molar-refractivity contribution in [2.75, 3.05) is 6.61 Å². The Bertz CT molecular complexity index is 872. The molecule has 26 heavy (non-hydrogen) atoms. The van der Waals surface area contributed by atoms with E-state index in [0.717, 1.165) is 17.4 Å². The van der Waals surface area contributed by atoms with Gasteiger partial charge in [-0.15, -0.1) is 0 Å². The van der Waals surface area contributed by atoms with Crippen molar-refractivity contribution in [3.8, 4) is 5.75 Å². The summed E-state index contributed by atoms with van der Waals surface area (Å²) < 4.78 is 11.0. The monoisotopic (exact) mass is 359 g/mol. The number of hydrogen-bond donors (Lipinski definition) is 1. The van der Waals surface area contributed by atoms with E-state index in [9.17, 15) is 9.59 Å². The van der Waals surface area contributed by atoms with Crippen molar-refractivity contribution in [2.24, 2.45) is 5.41 Å². The van der Waals surface area contributed by atoms with Crippen molar-refractivity contribution in [1.82, 2.24) is 5.32 Å². The molecule has 2 rings (SSSR count). The van der Waals surface area contributed by atoms with Crippen LogP contribution in [-0.4, -0.2) is 18.1 Å². The molecular weight excluding hydrogens is 330 g/mol. The zero-order valence-corrected chi connectivity index (χ0v) is 16.8. The number of ether oxygens (including phenoxy) is 1. The first kappa shape index (κ1) is 20.0. The Balaban J connectivity index is 2.11. The van der Waals surface area contributed by atoms with Gasteiger partial charge in [-0.05, 0) is 57.2 Å². The molecule has 0 aliphatic rings. The Morgan fingerprint density at radius 1 is 1.15 bits per heavy atom. The van der Waals surface area contributed by atoms with Gasteiger partial charge in [-0.1, -0.05) is 20.8 Å². The molecule has 0 unspecified atom stereocenters. The van der Waals surface area contributed by atoms with E-state index < -0.39 is 5.63 Å². The van der Waals surface area contributed by atoms with Gasteiger partial charge in [-0.25, -0.2) is 4.79 Å². The first-order valence-corrected chi connectivity index (χ1v) is 8.86. The molecule has 0 aliphatic carbocycles. The highest BCUT2D eigenvalue weighted by atomic mass is 16.5. The van der Waals surface area contributed by atoms with E-state index in [2.05, 4.69) is 26.1 Å². The van der Waals surface area contributed by atoms with Gasteiger partial charge in [0.15, 0.2) is 6.61 Å². The highest BCUT2D eigenvalue weighted by Gasteiger charge is 2.27. The molecule has 1 N–H and O–H groups in total. The van der Waals surface area contributed by atoms with Crippen LogP contribution in [-0.2, 0) is 4.79 Å². The lowest BCUT2D eigenvalue weighted by molar-refractivity contribution is -0.125. The van der Waals surface area contributed by atoms with Crippen LogP contribution in [0, 0.1) is 19.3 Å². The van der Waals surface area contributed by atoms with Gasteiger partial charge in [0.1, 0.15) is 11.3 Å². The fourth-order valence-corrected chi connectivity index (χ4v) is 3.58. The van der Waals surface area contributed by atoms with Gasteiger partial charge in [-0.2, -0.15) is 0 Å². The average molecular weight is 359 g/mol. The molecule has 5 nitrogen and oxygen atoms in total. The fourth-order valence-electron chi connectivity index (χ4n) is 3.58. The highest BCUT2D eigenvalue weighted by Crippen LogP contribution is 2.29. The van der Waals surface area contributed by atoms with Crippen LogP contribution in [0.15, 0.2) is 27.4 Å². The standard InChI is InChI=1S/C21H29NO4/c1-13-10-18(24)26-19-14(2)16(9-8-15(13)19)25-11-17(23)22-21(6,7)12-20(3,4)5/h8-10H,11-12H2,1-7H3,(H,22,23). The topological polar surface area (TPSA) is 68.5 Å². The largest absolute Gasteiger partial charge is 0.483 e.